The lowest BCUT2D eigenvalue weighted by molar-refractivity contribution is -0.167. The van der Waals surface area contributed by atoms with Crippen molar-refractivity contribution in [2.24, 2.45) is 0 Å². The van der Waals surface area contributed by atoms with Crippen molar-refractivity contribution >= 4 is 17.8 Å². The van der Waals surface area contributed by atoms with Crippen LogP contribution in [-0.4, -0.2) is 46.8 Å². The molecule has 0 radical (unpaired) electrons. The van der Waals surface area contributed by atoms with Crippen molar-refractivity contribution in [3.63, 3.8) is 0 Å². The SMILES string of the molecule is C#CCON(C)C(=O)C=CC.O=C(O)/C=C\C(=O)O. The molecule has 0 saturated heterocycles. The van der Waals surface area contributed by atoms with Gasteiger partial charge in [0.25, 0.3) is 5.91 Å². The van der Waals surface area contributed by atoms with E-state index in [1.165, 1.54) is 13.1 Å². The zero-order valence-electron chi connectivity index (χ0n) is 10.6. The maximum Gasteiger partial charge on any atom is 0.328 e. The molecule has 7 nitrogen and oxygen atoms in total. The lowest BCUT2D eigenvalue weighted by atomic mass is 10.5. The lowest BCUT2D eigenvalue weighted by Crippen LogP contribution is -2.25. The second-order valence-electron chi connectivity index (χ2n) is 2.82. The fraction of sp³-hybridized carbons (Fsp3) is 0.250. The van der Waals surface area contributed by atoms with Gasteiger partial charge in [0.1, 0.15) is 6.61 Å². The van der Waals surface area contributed by atoms with Crippen molar-refractivity contribution in [1.29, 1.82) is 0 Å². The summed E-state index contributed by atoms with van der Waals surface area (Å²) in [5.41, 5.74) is 0. The number of carbonyl (C=O) groups is 3. The highest BCUT2D eigenvalue weighted by molar-refractivity contribution is 5.89. The minimum Gasteiger partial charge on any atom is -0.478 e. The summed E-state index contributed by atoms with van der Waals surface area (Å²) >= 11 is 0. The van der Waals surface area contributed by atoms with E-state index in [2.05, 4.69) is 5.92 Å². The normalized spacial score (nSPS) is 9.53. The van der Waals surface area contributed by atoms with Gasteiger partial charge in [-0.1, -0.05) is 12.0 Å². The van der Waals surface area contributed by atoms with Gasteiger partial charge in [0.05, 0.1) is 0 Å². The molecule has 0 aromatic heterocycles. The Morgan fingerprint density at radius 1 is 1.21 bits per heavy atom. The fourth-order valence-corrected chi connectivity index (χ4v) is 0.588. The van der Waals surface area contributed by atoms with Gasteiger partial charge in [-0.3, -0.25) is 9.63 Å². The Hall–Kier alpha value is -2.59. The van der Waals surface area contributed by atoms with Crippen LogP contribution in [-0.2, 0) is 19.2 Å². The summed E-state index contributed by atoms with van der Waals surface area (Å²) < 4.78 is 0. The Kier molecular flexibility index (Phi) is 11.7. The molecule has 0 saturated carbocycles. The topological polar surface area (TPSA) is 104 Å². The molecule has 2 N–H and O–H groups in total. The summed E-state index contributed by atoms with van der Waals surface area (Å²) in [6.45, 7) is 1.87. The van der Waals surface area contributed by atoms with Crippen LogP contribution >= 0.6 is 0 Å². The molecule has 0 aliphatic rings. The number of carbonyl (C=O) groups excluding carboxylic acids is 1. The zero-order valence-corrected chi connectivity index (χ0v) is 10.6. The summed E-state index contributed by atoms with van der Waals surface area (Å²) in [4.78, 5) is 34.8. The molecule has 104 valence electrons. The van der Waals surface area contributed by atoms with E-state index in [9.17, 15) is 14.4 Å². The van der Waals surface area contributed by atoms with Gasteiger partial charge in [-0.15, -0.1) is 6.42 Å². The van der Waals surface area contributed by atoms with Crippen molar-refractivity contribution in [2.75, 3.05) is 13.7 Å². The molecule has 0 aliphatic carbocycles. The number of allylic oxidation sites excluding steroid dienone is 1. The van der Waals surface area contributed by atoms with Gasteiger partial charge in [0, 0.05) is 25.3 Å². The summed E-state index contributed by atoms with van der Waals surface area (Å²) in [7, 11) is 1.51. The smallest absolute Gasteiger partial charge is 0.328 e. The number of hydrogen-bond donors (Lipinski definition) is 2. The lowest BCUT2D eigenvalue weighted by Gasteiger charge is -2.11. The fourth-order valence-electron chi connectivity index (χ4n) is 0.588. The first kappa shape index (κ1) is 18.8. The molecule has 0 atom stereocenters. The van der Waals surface area contributed by atoms with Crippen LogP contribution in [0.3, 0.4) is 0 Å². The third-order valence-corrected chi connectivity index (χ3v) is 1.33. The monoisotopic (exact) mass is 269 g/mol. The highest BCUT2D eigenvalue weighted by atomic mass is 16.7. The average Bonchev–Trinajstić information content (AvgIpc) is 2.34. The van der Waals surface area contributed by atoms with Gasteiger partial charge in [-0.2, -0.15) is 0 Å². The number of rotatable bonds is 5. The molecule has 1 amide bonds. The van der Waals surface area contributed by atoms with Crippen molar-refractivity contribution in [3.8, 4) is 12.3 Å². The van der Waals surface area contributed by atoms with Crippen LogP contribution in [0.5, 0.6) is 0 Å². The van der Waals surface area contributed by atoms with Gasteiger partial charge in [-0.05, 0) is 6.92 Å². The average molecular weight is 269 g/mol. The predicted octanol–water partition coefficient (Wildman–Crippen LogP) is 0.297. The van der Waals surface area contributed by atoms with Crippen LogP contribution in [0.4, 0.5) is 0 Å². The first-order valence-corrected chi connectivity index (χ1v) is 4.95. The number of hydroxylamine groups is 2. The molecule has 7 heteroatoms. The van der Waals surface area contributed by atoms with Crippen LogP contribution in [0, 0.1) is 12.3 Å². The largest absolute Gasteiger partial charge is 0.478 e. The third-order valence-electron chi connectivity index (χ3n) is 1.33. The van der Waals surface area contributed by atoms with Crippen LogP contribution in [0.15, 0.2) is 24.3 Å². The zero-order chi connectivity index (χ0) is 15.3. The Bertz CT molecular complexity index is 389. The second-order valence-corrected chi connectivity index (χ2v) is 2.82. The number of aliphatic carboxylic acids is 2. The third kappa shape index (κ3) is 15.4. The molecule has 0 aromatic rings. The highest BCUT2D eigenvalue weighted by Gasteiger charge is 2.02. The number of carboxylic acids is 2. The summed E-state index contributed by atoms with van der Waals surface area (Å²) in [6.07, 6.45) is 9.07. The standard InChI is InChI=1S/C8H11NO2.C4H4O4/c1-4-6-8(10)9(3)11-7-5-2;5-3(6)1-2-4(7)8/h2,4,6H,7H2,1,3H3;1-2H,(H,5,6)(H,7,8)/b;2-1-. The number of carboxylic acid groups (broad SMARTS) is 2. The number of amides is 1. The summed E-state index contributed by atoms with van der Waals surface area (Å²) in [5, 5.41) is 16.7. The summed E-state index contributed by atoms with van der Waals surface area (Å²) in [5.74, 6) is -0.478. The van der Waals surface area contributed by atoms with E-state index in [0.29, 0.717) is 12.2 Å². The minimum absolute atomic E-state index is 0.111. The molecular weight excluding hydrogens is 254 g/mol. The maximum atomic E-state index is 10.9. The van der Waals surface area contributed by atoms with Crippen LogP contribution < -0.4 is 0 Å². The predicted molar refractivity (Wildman–Crippen MR) is 66.8 cm³/mol. The van der Waals surface area contributed by atoms with E-state index >= 15 is 0 Å². The van der Waals surface area contributed by atoms with E-state index in [1.807, 2.05) is 0 Å². The molecule has 0 fully saturated rings. The van der Waals surface area contributed by atoms with Crippen LogP contribution in [0.25, 0.3) is 0 Å². The number of hydrogen-bond acceptors (Lipinski definition) is 4. The Morgan fingerprint density at radius 2 is 1.68 bits per heavy atom. The minimum atomic E-state index is -1.26. The van der Waals surface area contributed by atoms with Gasteiger partial charge in [0.15, 0.2) is 0 Å². The van der Waals surface area contributed by atoms with E-state index < -0.39 is 11.9 Å². The Balaban J connectivity index is 0. The molecule has 19 heavy (non-hydrogen) atoms. The van der Waals surface area contributed by atoms with Crippen molar-refractivity contribution in [1.82, 2.24) is 5.06 Å². The first-order chi connectivity index (χ1) is 8.84. The molecule has 0 bridgehead atoms. The highest BCUT2D eigenvalue weighted by Crippen LogP contribution is 1.87. The van der Waals surface area contributed by atoms with Gasteiger partial charge in [0.2, 0.25) is 0 Å². The number of nitrogens with zero attached hydrogens (tertiary/aromatic N) is 1. The van der Waals surface area contributed by atoms with Crippen molar-refractivity contribution in [3.05, 3.63) is 24.3 Å². The molecular formula is C12H15NO6. The molecule has 0 heterocycles. The number of terminal acetylenes is 1. The molecule has 0 aliphatic heterocycles. The van der Waals surface area contributed by atoms with Gasteiger partial charge >= 0.3 is 11.9 Å². The van der Waals surface area contributed by atoms with E-state index in [-0.39, 0.29) is 12.5 Å². The van der Waals surface area contributed by atoms with E-state index in [1.54, 1.807) is 13.0 Å². The number of likely N-dealkylation sites (N-methyl/N-ethyl adjacent to an activating group) is 1. The van der Waals surface area contributed by atoms with E-state index in [0.717, 1.165) is 5.06 Å². The van der Waals surface area contributed by atoms with Gasteiger partial charge in [-0.25, -0.2) is 14.7 Å². The Morgan fingerprint density at radius 3 is 2.00 bits per heavy atom. The molecule has 0 spiro atoms. The van der Waals surface area contributed by atoms with Crippen molar-refractivity contribution in [2.45, 2.75) is 6.92 Å². The van der Waals surface area contributed by atoms with Gasteiger partial charge < -0.3 is 10.2 Å². The second kappa shape index (κ2) is 11.9. The first-order valence-electron chi connectivity index (χ1n) is 4.95. The molecule has 0 unspecified atom stereocenters. The van der Waals surface area contributed by atoms with Crippen LogP contribution in [0.2, 0.25) is 0 Å². The van der Waals surface area contributed by atoms with E-state index in [4.69, 9.17) is 21.5 Å². The maximum absolute atomic E-state index is 10.9. The van der Waals surface area contributed by atoms with Crippen molar-refractivity contribution < 1.29 is 29.4 Å². The van der Waals surface area contributed by atoms with Crippen LogP contribution in [0.1, 0.15) is 6.92 Å². The molecule has 0 aromatic carbocycles. The Labute approximate surface area is 110 Å². The quantitative estimate of drug-likeness (QED) is 0.422. The molecule has 0 rings (SSSR count). The summed E-state index contributed by atoms with van der Waals surface area (Å²) in [6, 6.07) is 0.